The summed E-state index contributed by atoms with van der Waals surface area (Å²) in [7, 11) is 1.88. The number of aromatic nitrogens is 6. The molecule has 0 amide bonds. The molecular weight excluding hydrogens is 296 g/mol. The molecule has 124 valence electrons. The van der Waals surface area contributed by atoms with E-state index in [0.717, 1.165) is 31.0 Å². The fourth-order valence-electron chi connectivity index (χ4n) is 3.24. The summed E-state index contributed by atoms with van der Waals surface area (Å²) >= 11 is 0. The van der Waals surface area contributed by atoms with Crippen LogP contribution in [0.3, 0.4) is 0 Å². The standard InChI is InChI=1S/C15H22N6O2/c1-4-15(9-22-10-15)12-6-21(19-17-12)7-13-14(2,8-23-13)11-5-20(3)18-16-11/h5-6,13H,4,7-10H2,1-3H3. The van der Waals surface area contributed by atoms with Gasteiger partial charge < -0.3 is 9.47 Å². The van der Waals surface area contributed by atoms with Crippen molar-refractivity contribution in [3.63, 3.8) is 0 Å². The number of rotatable bonds is 5. The zero-order valence-electron chi connectivity index (χ0n) is 13.8. The Balaban J connectivity index is 1.50. The molecule has 2 aliphatic heterocycles. The Morgan fingerprint density at radius 1 is 1.17 bits per heavy atom. The summed E-state index contributed by atoms with van der Waals surface area (Å²) in [5.41, 5.74) is 1.91. The quantitative estimate of drug-likeness (QED) is 0.796. The maximum Gasteiger partial charge on any atom is 0.0935 e. The molecule has 2 aromatic rings. The maximum atomic E-state index is 5.79. The number of hydrogen-bond acceptors (Lipinski definition) is 6. The van der Waals surface area contributed by atoms with Gasteiger partial charge in [-0.3, -0.25) is 4.68 Å². The highest BCUT2D eigenvalue weighted by Crippen LogP contribution is 2.38. The third kappa shape index (κ3) is 2.20. The van der Waals surface area contributed by atoms with E-state index in [0.29, 0.717) is 13.2 Å². The van der Waals surface area contributed by atoms with E-state index in [2.05, 4.69) is 34.5 Å². The van der Waals surface area contributed by atoms with Crippen LogP contribution in [-0.4, -0.2) is 55.9 Å². The van der Waals surface area contributed by atoms with Crippen LogP contribution in [0.5, 0.6) is 0 Å². The summed E-state index contributed by atoms with van der Waals surface area (Å²) in [6.07, 6.45) is 5.04. The molecule has 23 heavy (non-hydrogen) atoms. The van der Waals surface area contributed by atoms with Gasteiger partial charge in [-0.15, -0.1) is 10.2 Å². The lowest BCUT2D eigenvalue weighted by Crippen LogP contribution is -2.55. The van der Waals surface area contributed by atoms with Crippen LogP contribution < -0.4 is 0 Å². The average molecular weight is 318 g/mol. The molecule has 0 aromatic carbocycles. The second kappa shape index (κ2) is 5.10. The lowest BCUT2D eigenvalue weighted by atomic mass is 9.77. The van der Waals surface area contributed by atoms with Gasteiger partial charge in [-0.1, -0.05) is 17.4 Å². The van der Waals surface area contributed by atoms with Gasteiger partial charge >= 0.3 is 0 Å². The van der Waals surface area contributed by atoms with E-state index in [1.807, 2.05) is 24.1 Å². The molecule has 0 N–H and O–H groups in total. The van der Waals surface area contributed by atoms with Crippen molar-refractivity contribution >= 4 is 0 Å². The third-order valence-electron chi connectivity index (χ3n) is 5.35. The van der Waals surface area contributed by atoms with Crippen LogP contribution in [0.15, 0.2) is 12.4 Å². The van der Waals surface area contributed by atoms with Crippen molar-refractivity contribution in [2.75, 3.05) is 19.8 Å². The van der Waals surface area contributed by atoms with E-state index in [1.165, 1.54) is 0 Å². The Morgan fingerprint density at radius 2 is 1.96 bits per heavy atom. The minimum atomic E-state index is -0.123. The first-order chi connectivity index (χ1) is 11.1. The second-order valence-electron chi connectivity index (χ2n) is 6.95. The Bertz CT molecular complexity index is 701. The van der Waals surface area contributed by atoms with E-state index in [9.17, 15) is 0 Å². The van der Waals surface area contributed by atoms with Crippen LogP contribution in [0, 0.1) is 0 Å². The van der Waals surface area contributed by atoms with Crippen molar-refractivity contribution < 1.29 is 9.47 Å². The van der Waals surface area contributed by atoms with Gasteiger partial charge in [0, 0.05) is 19.4 Å². The summed E-state index contributed by atoms with van der Waals surface area (Å²) in [4.78, 5) is 0. The first-order valence-electron chi connectivity index (χ1n) is 8.02. The van der Waals surface area contributed by atoms with Gasteiger partial charge in [0.15, 0.2) is 0 Å². The summed E-state index contributed by atoms with van der Waals surface area (Å²) < 4.78 is 14.8. The molecule has 0 spiro atoms. The Morgan fingerprint density at radius 3 is 2.48 bits per heavy atom. The first-order valence-corrected chi connectivity index (χ1v) is 8.02. The third-order valence-corrected chi connectivity index (χ3v) is 5.35. The van der Waals surface area contributed by atoms with Gasteiger partial charge in [0.05, 0.1) is 54.7 Å². The molecule has 8 nitrogen and oxygen atoms in total. The molecule has 2 aliphatic rings. The molecule has 2 saturated heterocycles. The summed E-state index contributed by atoms with van der Waals surface area (Å²) in [5.74, 6) is 0. The number of hydrogen-bond donors (Lipinski definition) is 0. The SMILES string of the molecule is CCC1(c2cn(CC3OCC3(C)c3cn(C)nn3)nn2)COC1. The summed E-state index contributed by atoms with van der Waals surface area (Å²) in [6, 6.07) is 0. The highest BCUT2D eigenvalue weighted by atomic mass is 16.5. The molecule has 4 rings (SSSR count). The lowest BCUT2D eigenvalue weighted by Gasteiger charge is -2.45. The molecule has 0 bridgehead atoms. The van der Waals surface area contributed by atoms with E-state index in [4.69, 9.17) is 9.47 Å². The predicted octanol–water partition coefficient (Wildman–Crippen LogP) is 0.441. The van der Waals surface area contributed by atoms with Crippen LogP contribution in [-0.2, 0) is 33.9 Å². The summed E-state index contributed by atoms with van der Waals surface area (Å²) in [6.45, 7) is 7.13. The van der Waals surface area contributed by atoms with Gasteiger partial charge in [0.1, 0.15) is 0 Å². The molecule has 2 atom stereocenters. The minimum absolute atomic E-state index is 0.0315. The van der Waals surface area contributed by atoms with Crippen molar-refractivity contribution in [2.45, 2.75) is 43.7 Å². The Hall–Kier alpha value is -1.80. The number of ether oxygens (including phenoxy) is 2. The van der Waals surface area contributed by atoms with Crippen LogP contribution in [0.1, 0.15) is 31.7 Å². The summed E-state index contributed by atoms with van der Waals surface area (Å²) in [5, 5.41) is 16.9. The zero-order valence-corrected chi connectivity index (χ0v) is 13.8. The normalized spacial score (nSPS) is 29.1. The van der Waals surface area contributed by atoms with Crippen molar-refractivity contribution in [1.29, 1.82) is 0 Å². The van der Waals surface area contributed by atoms with E-state index in [-0.39, 0.29) is 16.9 Å². The van der Waals surface area contributed by atoms with E-state index < -0.39 is 0 Å². The van der Waals surface area contributed by atoms with E-state index >= 15 is 0 Å². The molecule has 4 heterocycles. The molecule has 2 fully saturated rings. The van der Waals surface area contributed by atoms with Gasteiger partial charge in [-0.2, -0.15) is 0 Å². The zero-order chi connectivity index (χ0) is 16.1. The fourth-order valence-corrected chi connectivity index (χ4v) is 3.24. The lowest BCUT2D eigenvalue weighted by molar-refractivity contribution is -0.141. The number of nitrogens with zero attached hydrogens (tertiary/aromatic N) is 6. The highest BCUT2D eigenvalue weighted by molar-refractivity contribution is 5.19. The van der Waals surface area contributed by atoms with Gasteiger partial charge in [-0.25, -0.2) is 4.68 Å². The number of aryl methyl sites for hydroxylation is 1. The monoisotopic (exact) mass is 318 g/mol. The van der Waals surface area contributed by atoms with Gasteiger partial charge in [0.2, 0.25) is 0 Å². The van der Waals surface area contributed by atoms with Crippen molar-refractivity contribution in [3.8, 4) is 0 Å². The van der Waals surface area contributed by atoms with Crippen molar-refractivity contribution in [3.05, 3.63) is 23.8 Å². The maximum absolute atomic E-state index is 5.79. The Kier molecular flexibility index (Phi) is 3.28. The molecular formula is C15H22N6O2. The van der Waals surface area contributed by atoms with E-state index in [1.54, 1.807) is 4.68 Å². The fraction of sp³-hybridized carbons (Fsp3) is 0.733. The largest absolute Gasteiger partial charge is 0.379 e. The minimum Gasteiger partial charge on any atom is -0.379 e. The van der Waals surface area contributed by atoms with Crippen LogP contribution in [0.4, 0.5) is 0 Å². The molecule has 2 aromatic heterocycles. The predicted molar refractivity (Wildman–Crippen MR) is 80.9 cm³/mol. The smallest absolute Gasteiger partial charge is 0.0935 e. The highest BCUT2D eigenvalue weighted by Gasteiger charge is 2.48. The van der Waals surface area contributed by atoms with Crippen molar-refractivity contribution in [2.24, 2.45) is 7.05 Å². The molecule has 0 aliphatic carbocycles. The first kappa shape index (κ1) is 14.8. The van der Waals surface area contributed by atoms with Crippen LogP contribution >= 0.6 is 0 Å². The second-order valence-corrected chi connectivity index (χ2v) is 6.95. The molecule has 8 heteroatoms. The van der Waals surface area contributed by atoms with Gasteiger partial charge in [0.25, 0.3) is 0 Å². The molecule has 0 radical (unpaired) electrons. The molecule has 0 saturated carbocycles. The van der Waals surface area contributed by atoms with Crippen molar-refractivity contribution in [1.82, 2.24) is 30.0 Å². The average Bonchev–Trinajstić information content (AvgIpc) is 3.12. The topological polar surface area (TPSA) is 79.9 Å². The molecule has 2 unspecified atom stereocenters. The van der Waals surface area contributed by atoms with Gasteiger partial charge in [-0.05, 0) is 13.3 Å². The Labute approximate surface area is 134 Å². The van der Waals surface area contributed by atoms with Crippen LogP contribution in [0.25, 0.3) is 0 Å². The van der Waals surface area contributed by atoms with Crippen LogP contribution in [0.2, 0.25) is 0 Å².